The van der Waals surface area contributed by atoms with Gasteiger partial charge in [-0.1, -0.05) is 13.8 Å². The van der Waals surface area contributed by atoms with Crippen LogP contribution >= 0.6 is 11.3 Å². The molecule has 0 fully saturated rings. The summed E-state index contributed by atoms with van der Waals surface area (Å²) in [7, 11) is 1.42. The maximum atomic E-state index is 12.3. The first-order valence-corrected chi connectivity index (χ1v) is 8.30. The van der Waals surface area contributed by atoms with E-state index in [0.717, 1.165) is 16.7 Å². The Kier molecular flexibility index (Phi) is 5.49. The standard InChI is InChI=1S/C15H21N5O2S/c1-9(2)5-6-16-13-12(14(21)20(4)15(22)19-13)17-7-11-18-10(3)8-23-11/h7-9,16H,5-6H2,1-4H3,(H,19,22). The molecule has 0 saturated carbocycles. The van der Waals surface area contributed by atoms with Crippen LogP contribution in [-0.4, -0.2) is 27.3 Å². The number of thiazole rings is 1. The van der Waals surface area contributed by atoms with E-state index in [1.54, 1.807) is 6.21 Å². The molecule has 0 unspecified atom stereocenters. The van der Waals surface area contributed by atoms with Gasteiger partial charge in [-0.3, -0.25) is 14.3 Å². The summed E-state index contributed by atoms with van der Waals surface area (Å²) in [5.41, 5.74) is 0.182. The number of aliphatic imine (C=N–C) groups is 1. The molecule has 8 heteroatoms. The molecule has 0 saturated heterocycles. The Balaban J connectivity index is 2.35. The largest absolute Gasteiger partial charge is 0.370 e. The van der Waals surface area contributed by atoms with Crippen molar-refractivity contribution >= 4 is 29.1 Å². The zero-order valence-corrected chi connectivity index (χ0v) is 14.5. The normalized spacial score (nSPS) is 11.5. The average molecular weight is 335 g/mol. The SMILES string of the molecule is Cc1csc(C=Nc2c(NCCC(C)C)[nH]c(=O)n(C)c2=O)n1. The van der Waals surface area contributed by atoms with Gasteiger partial charge in [-0.2, -0.15) is 0 Å². The van der Waals surface area contributed by atoms with E-state index in [9.17, 15) is 9.59 Å². The van der Waals surface area contributed by atoms with Crippen molar-refractivity contribution in [3.63, 3.8) is 0 Å². The lowest BCUT2D eigenvalue weighted by Crippen LogP contribution is -2.33. The van der Waals surface area contributed by atoms with E-state index < -0.39 is 11.2 Å². The number of nitrogens with zero attached hydrogens (tertiary/aromatic N) is 3. The van der Waals surface area contributed by atoms with Crippen molar-refractivity contribution < 1.29 is 0 Å². The Morgan fingerprint density at radius 3 is 2.83 bits per heavy atom. The van der Waals surface area contributed by atoms with Crippen LogP contribution in [0.25, 0.3) is 0 Å². The van der Waals surface area contributed by atoms with Gasteiger partial charge in [0, 0.05) is 24.7 Å². The number of hydrogen-bond acceptors (Lipinski definition) is 6. The Morgan fingerprint density at radius 2 is 2.22 bits per heavy atom. The van der Waals surface area contributed by atoms with Crippen LogP contribution in [-0.2, 0) is 7.05 Å². The van der Waals surface area contributed by atoms with Crippen LogP contribution in [0.5, 0.6) is 0 Å². The Morgan fingerprint density at radius 1 is 1.48 bits per heavy atom. The van der Waals surface area contributed by atoms with Crippen molar-refractivity contribution in [2.24, 2.45) is 18.0 Å². The first-order valence-electron chi connectivity index (χ1n) is 7.42. The van der Waals surface area contributed by atoms with Crippen molar-refractivity contribution in [1.29, 1.82) is 0 Å². The zero-order valence-electron chi connectivity index (χ0n) is 13.7. The van der Waals surface area contributed by atoms with Gasteiger partial charge in [-0.05, 0) is 19.3 Å². The molecule has 0 radical (unpaired) electrons. The third-order valence-electron chi connectivity index (χ3n) is 3.24. The number of H-pyrrole nitrogens is 1. The molecule has 0 bridgehead atoms. The van der Waals surface area contributed by atoms with E-state index in [-0.39, 0.29) is 5.69 Å². The van der Waals surface area contributed by atoms with Crippen molar-refractivity contribution in [3.05, 3.63) is 36.9 Å². The van der Waals surface area contributed by atoms with Crippen LogP contribution in [0.15, 0.2) is 20.0 Å². The topological polar surface area (TPSA) is 92.1 Å². The Labute approximate surface area is 138 Å². The van der Waals surface area contributed by atoms with Crippen LogP contribution in [0, 0.1) is 12.8 Å². The highest BCUT2D eigenvalue weighted by Crippen LogP contribution is 2.17. The van der Waals surface area contributed by atoms with Gasteiger partial charge in [0.05, 0.1) is 6.21 Å². The van der Waals surface area contributed by atoms with E-state index in [4.69, 9.17) is 0 Å². The molecule has 124 valence electrons. The van der Waals surface area contributed by atoms with Crippen LogP contribution in [0.3, 0.4) is 0 Å². The molecular formula is C15H21N5O2S. The monoisotopic (exact) mass is 335 g/mol. The number of aryl methyl sites for hydroxylation is 1. The van der Waals surface area contributed by atoms with Gasteiger partial charge < -0.3 is 5.32 Å². The quantitative estimate of drug-likeness (QED) is 0.790. The summed E-state index contributed by atoms with van der Waals surface area (Å²) in [5, 5.41) is 5.72. The minimum atomic E-state index is -0.467. The predicted octanol–water partition coefficient (Wildman–Crippen LogP) is 2.05. The first kappa shape index (κ1) is 17.1. The van der Waals surface area contributed by atoms with Gasteiger partial charge in [-0.25, -0.2) is 14.8 Å². The molecule has 2 aromatic heterocycles. The van der Waals surface area contributed by atoms with E-state index in [2.05, 4.69) is 34.1 Å². The van der Waals surface area contributed by atoms with Crippen LogP contribution in [0.1, 0.15) is 31.0 Å². The molecule has 2 heterocycles. The highest BCUT2D eigenvalue weighted by molar-refractivity contribution is 7.11. The predicted molar refractivity (Wildman–Crippen MR) is 94.4 cm³/mol. The second-order valence-electron chi connectivity index (χ2n) is 5.71. The van der Waals surface area contributed by atoms with Gasteiger partial charge >= 0.3 is 5.69 Å². The summed E-state index contributed by atoms with van der Waals surface area (Å²) in [6, 6.07) is 0. The van der Waals surface area contributed by atoms with Crippen LogP contribution in [0.2, 0.25) is 0 Å². The molecule has 0 aromatic carbocycles. The number of aromatic amines is 1. The van der Waals surface area contributed by atoms with E-state index >= 15 is 0 Å². The second-order valence-corrected chi connectivity index (χ2v) is 6.60. The first-order chi connectivity index (χ1) is 10.9. The van der Waals surface area contributed by atoms with Crippen LogP contribution in [0.4, 0.5) is 11.5 Å². The molecule has 7 nitrogen and oxygen atoms in total. The van der Waals surface area contributed by atoms with Gasteiger partial charge in [0.2, 0.25) is 0 Å². The molecule has 2 rings (SSSR count). The molecule has 23 heavy (non-hydrogen) atoms. The number of anilines is 1. The summed E-state index contributed by atoms with van der Waals surface area (Å²) < 4.78 is 1.01. The van der Waals surface area contributed by atoms with Gasteiger partial charge in [0.1, 0.15) is 10.8 Å². The molecule has 2 aromatic rings. The maximum absolute atomic E-state index is 12.3. The number of aromatic nitrogens is 3. The summed E-state index contributed by atoms with van der Waals surface area (Å²) in [6.07, 6.45) is 2.46. The Bertz CT molecular complexity index is 816. The lowest BCUT2D eigenvalue weighted by Gasteiger charge is -2.10. The third-order valence-corrected chi connectivity index (χ3v) is 4.14. The van der Waals surface area contributed by atoms with Crippen molar-refractivity contribution in [1.82, 2.24) is 14.5 Å². The molecular weight excluding hydrogens is 314 g/mol. The lowest BCUT2D eigenvalue weighted by molar-refractivity contribution is 0.606. The minimum absolute atomic E-state index is 0.184. The highest BCUT2D eigenvalue weighted by Gasteiger charge is 2.11. The molecule has 2 N–H and O–H groups in total. The summed E-state index contributed by atoms with van der Waals surface area (Å²) >= 11 is 1.45. The molecule has 0 amide bonds. The Hall–Kier alpha value is -2.22. The molecule has 0 aliphatic carbocycles. The third kappa shape index (κ3) is 4.38. The van der Waals surface area contributed by atoms with E-state index in [1.165, 1.54) is 18.4 Å². The summed E-state index contributed by atoms with van der Waals surface area (Å²) in [6.45, 7) is 6.77. The van der Waals surface area contributed by atoms with Gasteiger partial charge in [0.15, 0.2) is 5.69 Å². The van der Waals surface area contributed by atoms with E-state index in [1.807, 2.05) is 12.3 Å². The number of hydrogen-bond donors (Lipinski definition) is 2. The zero-order chi connectivity index (χ0) is 17.0. The minimum Gasteiger partial charge on any atom is -0.370 e. The van der Waals surface area contributed by atoms with E-state index in [0.29, 0.717) is 23.3 Å². The van der Waals surface area contributed by atoms with Crippen molar-refractivity contribution in [3.8, 4) is 0 Å². The summed E-state index contributed by atoms with van der Waals surface area (Å²) in [5.74, 6) is 0.870. The fourth-order valence-electron chi connectivity index (χ4n) is 1.89. The van der Waals surface area contributed by atoms with Crippen molar-refractivity contribution in [2.75, 3.05) is 11.9 Å². The summed E-state index contributed by atoms with van der Waals surface area (Å²) in [4.78, 5) is 35.3. The molecule has 0 aliphatic rings. The number of nitrogens with one attached hydrogen (secondary N) is 2. The second kappa shape index (κ2) is 7.36. The average Bonchev–Trinajstić information content (AvgIpc) is 2.89. The fourth-order valence-corrected chi connectivity index (χ4v) is 2.55. The molecule has 0 aliphatic heterocycles. The highest BCUT2D eigenvalue weighted by atomic mass is 32.1. The van der Waals surface area contributed by atoms with Crippen LogP contribution < -0.4 is 16.6 Å². The van der Waals surface area contributed by atoms with Gasteiger partial charge in [-0.15, -0.1) is 11.3 Å². The lowest BCUT2D eigenvalue weighted by atomic mass is 10.1. The number of rotatable bonds is 6. The smallest absolute Gasteiger partial charge is 0.329 e. The van der Waals surface area contributed by atoms with Gasteiger partial charge in [0.25, 0.3) is 5.56 Å². The van der Waals surface area contributed by atoms with Crippen molar-refractivity contribution in [2.45, 2.75) is 27.2 Å². The maximum Gasteiger partial charge on any atom is 0.329 e. The molecule has 0 atom stereocenters. The fraction of sp³-hybridized carbons (Fsp3) is 0.467. The molecule has 0 spiro atoms.